The highest BCUT2D eigenvalue weighted by Gasteiger charge is 2.40. The van der Waals surface area contributed by atoms with Gasteiger partial charge in [-0.2, -0.15) is 0 Å². The van der Waals surface area contributed by atoms with Crippen LogP contribution >= 0.6 is 0 Å². The Bertz CT molecular complexity index is 576. The van der Waals surface area contributed by atoms with E-state index in [-0.39, 0.29) is 16.9 Å². The molecule has 0 aromatic heterocycles. The third-order valence-corrected chi connectivity index (χ3v) is 4.35. The maximum absolute atomic E-state index is 12.6. The summed E-state index contributed by atoms with van der Waals surface area (Å²) in [5.74, 6) is -0.764. The lowest BCUT2D eigenvalue weighted by molar-refractivity contribution is -0.140. The van der Waals surface area contributed by atoms with Gasteiger partial charge in [-0.3, -0.25) is 4.79 Å². The van der Waals surface area contributed by atoms with Gasteiger partial charge in [0.15, 0.2) is 0 Å². The fraction of sp³-hybridized carbons (Fsp3) is 0.467. The standard InChI is InChI=1S/C15H18N2O3/c1-15(4-5-16-9-15)14(20)17-7-11-3-2-10(13(18)19)6-12(11)8-17/h2-3,6,16H,4-5,7-9H2,1H3,(H,18,19). The highest BCUT2D eigenvalue weighted by molar-refractivity contribution is 5.88. The fourth-order valence-corrected chi connectivity index (χ4v) is 3.05. The van der Waals surface area contributed by atoms with Gasteiger partial charge in [-0.15, -0.1) is 0 Å². The van der Waals surface area contributed by atoms with E-state index < -0.39 is 5.97 Å². The second kappa shape index (κ2) is 4.59. The number of amides is 1. The van der Waals surface area contributed by atoms with E-state index >= 15 is 0 Å². The first-order valence-electron chi connectivity index (χ1n) is 6.85. The summed E-state index contributed by atoms with van der Waals surface area (Å²) >= 11 is 0. The number of nitrogens with one attached hydrogen (secondary N) is 1. The minimum atomic E-state index is -0.926. The van der Waals surface area contributed by atoms with Crippen LogP contribution in [0, 0.1) is 5.41 Å². The quantitative estimate of drug-likeness (QED) is 0.851. The van der Waals surface area contributed by atoms with E-state index in [1.54, 1.807) is 12.1 Å². The van der Waals surface area contributed by atoms with Crippen molar-refractivity contribution in [3.05, 3.63) is 34.9 Å². The summed E-state index contributed by atoms with van der Waals surface area (Å²) in [5, 5.41) is 12.3. The Morgan fingerprint density at radius 2 is 2.05 bits per heavy atom. The van der Waals surface area contributed by atoms with E-state index in [0.29, 0.717) is 13.1 Å². The van der Waals surface area contributed by atoms with Crippen molar-refractivity contribution in [3.8, 4) is 0 Å². The van der Waals surface area contributed by atoms with Crippen molar-refractivity contribution >= 4 is 11.9 Å². The maximum atomic E-state index is 12.6. The zero-order valence-electron chi connectivity index (χ0n) is 11.5. The molecule has 5 nitrogen and oxygen atoms in total. The van der Waals surface area contributed by atoms with Crippen molar-refractivity contribution in [3.63, 3.8) is 0 Å². The van der Waals surface area contributed by atoms with Gasteiger partial charge >= 0.3 is 5.97 Å². The Kier molecular flexibility index (Phi) is 3.01. The van der Waals surface area contributed by atoms with Crippen LogP contribution < -0.4 is 5.32 Å². The van der Waals surface area contributed by atoms with Gasteiger partial charge in [0.05, 0.1) is 11.0 Å². The lowest BCUT2D eigenvalue weighted by atomic mass is 9.88. The lowest BCUT2D eigenvalue weighted by Gasteiger charge is -2.27. The number of benzene rings is 1. The molecule has 1 aromatic rings. The van der Waals surface area contributed by atoms with Crippen molar-refractivity contribution in [1.82, 2.24) is 10.2 Å². The molecule has 0 spiro atoms. The monoisotopic (exact) mass is 274 g/mol. The molecule has 1 saturated heterocycles. The molecule has 2 aliphatic rings. The van der Waals surface area contributed by atoms with Crippen LogP contribution in [-0.4, -0.2) is 35.0 Å². The molecule has 20 heavy (non-hydrogen) atoms. The smallest absolute Gasteiger partial charge is 0.335 e. The Morgan fingerprint density at radius 1 is 1.30 bits per heavy atom. The molecule has 0 saturated carbocycles. The molecule has 0 bridgehead atoms. The zero-order valence-corrected chi connectivity index (χ0v) is 11.5. The molecule has 1 fully saturated rings. The number of carboxylic acid groups (broad SMARTS) is 1. The molecule has 1 unspecified atom stereocenters. The summed E-state index contributed by atoms with van der Waals surface area (Å²) in [5.41, 5.74) is 1.97. The predicted molar refractivity (Wildman–Crippen MR) is 73.2 cm³/mol. The van der Waals surface area contributed by atoms with Crippen LogP contribution in [0.4, 0.5) is 0 Å². The van der Waals surface area contributed by atoms with E-state index in [1.165, 1.54) is 0 Å². The van der Waals surface area contributed by atoms with Crippen LogP contribution in [0.2, 0.25) is 0 Å². The third-order valence-electron chi connectivity index (χ3n) is 4.35. The zero-order chi connectivity index (χ0) is 14.3. The van der Waals surface area contributed by atoms with Crippen LogP contribution in [0.5, 0.6) is 0 Å². The van der Waals surface area contributed by atoms with E-state index in [2.05, 4.69) is 5.32 Å². The van der Waals surface area contributed by atoms with Crippen LogP contribution in [0.25, 0.3) is 0 Å². The highest BCUT2D eigenvalue weighted by atomic mass is 16.4. The average molecular weight is 274 g/mol. The van der Waals surface area contributed by atoms with Crippen molar-refractivity contribution in [2.75, 3.05) is 13.1 Å². The van der Waals surface area contributed by atoms with Crippen LogP contribution in [-0.2, 0) is 17.9 Å². The molecule has 3 rings (SSSR count). The van der Waals surface area contributed by atoms with E-state index in [0.717, 1.165) is 30.6 Å². The minimum Gasteiger partial charge on any atom is -0.478 e. The first kappa shape index (κ1) is 13.1. The summed E-state index contributed by atoms with van der Waals surface area (Å²) in [6, 6.07) is 5.11. The fourth-order valence-electron chi connectivity index (χ4n) is 3.05. The lowest BCUT2D eigenvalue weighted by Crippen LogP contribution is -2.40. The van der Waals surface area contributed by atoms with Gasteiger partial charge in [-0.25, -0.2) is 4.79 Å². The summed E-state index contributed by atoms with van der Waals surface area (Å²) in [7, 11) is 0. The number of nitrogens with zero attached hydrogens (tertiary/aromatic N) is 1. The first-order chi connectivity index (χ1) is 9.49. The molecule has 2 aliphatic heterocycles. The van der Waals surface area contributed by atoms with Crippen molar-refractivity contribution in [2.24, 2.45) is 5.41 Å². The summed E-state index contributed by atoms with van der Waals surface area (Å²) in [6.07, 6.45) is 0.860. The molecular weight excluding hydrogens is 256 g/mol. The molecule has 1 aromatic carbocycles. The number of hydrogen-bond acceptors (Lipinski definition) is 3. The van der Waals surface area contributed by atoms with Gasteiger partial charge < -0.3 is 15.3 Å². The van der Waals surface area contributed by atoms with Gasteiger partial charge in [-0.1, -0.05) is 6.07 Å². The van der Waals surface area contributed by atoms with Crippen molar-refractivity contribution in [2.45, 2.75) is 26.4 Å². The SMILES string of the molecule is CC1(C(=O)N2Cc3ccc(C(=O)O)cc3C2)CCNC1. The number of carbonyl (C=O) groups is 2. The van der Waals surface area contributed by atoms with Crippen LogP contribution in [0.3, 0.4) is 0 Å². The Balaban J connectivity index is 1.80. The second-order valence-corrected chi connectivity index (χ2v) is 5.94. The number of rotatable bonds is 2. The highest BCUT2D eigenvalue weighted by Crippen LogP contribution is 2.32. The van der Waals surface area contributed by atoms with Crippen molar-refractivity contribution < 1.29 is 14.7 Å². The molecule has 1 amide bonds. The molecule has 0 aliphatic carbocycles. The largest absolute Gasteiger partial charge is 0.478 e. The van der Waals surface area contributed by atoms with Gasteiger partial charge in [0.2, 0.25) is 5.91 Å². The minimum absolute atomic E-state index is 0.163. The molecular formula is C15H18N2O3. The maximum Gasteiger partial charge on any atom is 0.335 e. The van der Waals surface area contributed by atoms with E-state index in [1.807, 2.05) is 17.9 Å². The number of hydrogen-bond donors (Lipinski definition) is 2. The molecule has 0 radical (unpaired) electrons. The third kappa shape index (κ3) is 2.08. The van der Waals surface area contributed by atoms with Crippen LogP contribution in [0.1, 0.15) is 34.8 Å². The second-order valence-electron chi connectivity index (χ2n) is 5.94. The number of aromatic carboxylic acids is 1. The first-order valence-corrected chi connectivity index (χ1v) is 6.85. The molecule has 106 valence electrons. The summed E-state index contributed by atoms with van der Waals surface area (Å²) in [4.78, 5) is 25.5. The normalized spacial score (nSPS) is 24.8. The molecule has 1 atom stereocenters. The number of fused-ring (bicyclic) bond motifs is 1. The predicted octanol–water partition coefficient (Wildman–Crippen LogP) is 1.23. The van der Waals surface area contributed by atoms with Crippen molar-refractivity contribution in [1.29, 1.82) is 0 Å². The summed E-state index contributed by atoms with van der Waals surface area (Å²) in [6.45, 7) is 4.71. The average Bonchev–Trinajstić information content (AvgIpc) is 3.03. The molecule has 2 heterocycles. The van der Waals surface area contributed by atoms with E-state index in [9.17, 15) is 9.59 Å². The van der Waals surface area contributed by atoms with Crippen LogP contribution in [0.15, 0.2) is 18.2 Å². The Hall–Kier alpha value is -1.88. The van der Waals surface area contributed by atoms with Gasteiger partial charge in [0.1, 0.15) is 0 Å². The number of carbonyl (C=O) groups excluding carboxylic acids is 1. The molecule has 5 heteroatoms. The number of carboxylic acids is 1. The summed E-state index contributed by atoms with van der Waals surface area (Å²) < 4.78 is 0. The Morgan fingerprint density at radius 3 is 2.70 bits per heavy atom. The van der Waals surface area contributed by atoms with E-state index in [4.69, 9.17) is 5.11 Å². The molecule has 2 N–H and O–H groups in total. The Labute approximate surface area is 117 Å². The van der Waals surface area contributed by atoms with Gasteiger partial charge in [0, 0.05) is 19.6 Å². The topological polar surface area (TPSA) is 69.6 Å². The van der Waals surface area contributed by atoms with Gasteiger partial charge in [-0.05, 0) is 43.1 Å². The van der Waals surface area contributed by atoms with Gasteiger partial charge in [0.25, 0.3) is 0 Å².